The third-order valence-electron chi connectivity index (χ3n) is 4.16. The number of aromatic nitrogens is 1. The Morgan fingerprint density at radius 2 is 1.93 bits per heavy atom. The minimum absolute atomic E-state index is 0.279. The van der Waals surface area contributed by atoms with Gasteiger partial charge in [0.15, 0.2) is 5.12 Å². The molecule has 0 fully saturated rings. The maximum atomic E-state index is 13.3. The summed E-state index contributed by atoms with van der Waals surface area (Å²) in [5.74, 6) is 0. The van der Waals surface area contributed by atoms with Crippen molar-refractivity contribution in [2.45, 2.75) is 20.8 Å². The van der Waals surface area contributed by atoms with E-state index in [4.69, 9.17) is 11.6 Å². The number of carbonyl (C=O) groups excluding carboxylic acids is 2. The molecule has 0 bridgehead atoms. The molecular formula is C24H22ClNO3S. The Labute approximate surface area is 185 Å². The number of rotatable bonds is 6. The van der Waals surface area contributed by atoms with Crippen LogP contribution in [0.4, 0.5) is 0 Å². The van der Waals surface area contributed by atoms with Gasteiger partial charge in [-0.25, -0.2) is 0 Å². The lowest BCUT2D eigenvalue weighted by Crippen LogP contribution is -2.21. The summed E-state index contributed by atoms with van der Waals surface area (Å²) < 4.78 is 1.44. The molecule has 0 amide bonds. The van der Waals surface area contributed by atoms with Gasteiger partial charge in [0.2, 0.25) is 5.12 Å². The molecule has 0 aliphatic carbocycles. The lowest BCUT2D eigenvalue weighted by molar-refractivity contribution is -0.110. The summed E-state index contributed by atoms with van der Waals surface area (Å²) in [6.45, 7) is 8.72. The van der Waals surface area contributed by atoms with Gasteiger partial charge < -0.3 is 0 Å². The Morgan fingerprint density at radius 3 is 2.50 bits per heavy atom. The van der Waals surface area contributed by atoms with Gasteiger partial charge in [-0.1, -0.05) is 48.5 Å². The summed E-state index contributed by atoms with van der Waals surface area (Å²) in [7, 11) is 0. The van der Waals surface area contributed by atoms with Gasteiger partial charge in [-0.3, -0.25) is 19.0 Å². The zero-order valence-corrected chi connectivity index (χ0v) is 18.6. The fraction of sp³-hybridized carbons (Fsp3) is 0.125. The second kappa shape index (κ2) is 10.8. The molecule has 2 aromatic rings. The molecule has 154 valence electrons. The van der Waals surface area contributed by atoms with Crippen LogP contribution < -0.4 is 5.56 Å². The van der Waals surface area contributed by atoms with Crippen molar-refractivity contribution in [3.63, 3.8) is 0 Å². The minimum atomic E-state index is -0.384. The van der Waals surface area contributed by atoms with Crippen molar-refractivity contribution in [1.82, 2.24) is 4.57 Å². The van der Waals surface area contributed by atoms with Crippen molar-refractivity contribution in [3.05, 3.63) is 94.4 Å². The van der Waals surface area contributed by atoms with Crippen molar-refractivity contribution >= 4 is 44.9 Å². The van der Waals surface area contributed by atoms with Crippen LogP contribution in [0.3, 0.4) is 0 Å². The highest BCUT2D eigenvalue weighted by molar-refractivity contribution is 8.26. The predicted octanol–water partition coefficient (Wildman–Crippen LogP) is 5.98. The van der Waals surface area contributed by atoms with Crippen LogP contribution in [0.5, 0.6) is 0 Å². The number of carbonyl (C=O) groups is 2. The maximum Gasteiger partial charge on any atom is 0.262 e. The number of halogens is 1. The summed E-state index contributed by atoms with van der Waals surface area (Å²) in [5, 5.41) is -0.195. The zero-order chi connectivity index (χ0) is 22.3. The smallest absolute Gasteiger partial charge is 0.262 e. The monoisotopic (exact) mass is 439 g/mol. The van der Waals surface area contributed by atoms with Crippen molar-refractivity contribution < 1.29 is 9.59 Å². The molecule has 0 saturated heterocycles. The molecule has 0 spiro atoms. The normalized spacial score (nSPS) is 12.3. The van der Waals surface area contributed by atoms with Crippen molar-refractivity contribution in [2.75, 3.05) is 0 Å². The van der Waals surface area contributed by atoms with Crippen molar-refractivity contribution in [2.24, 2.45) is 0 Å². The Bertz CT molecular complexity index is 1140. The molecule has 30 heavy (non-hydrogen) atoms. The molecule has 0 saturated carbocycles. The fourth-order valence-corrected chi connectivity index (χ4v) is 3.61. The summed E-state index contributed by atoms with van der Waals surface area (Å²) in [5.41, 5.74) is 2.12. The number of allylic oxidation sites excluding steroid dienone is 6. The molecule has 2 rings (SSSR count). The third-order valence-corrected chi connectivity index (χ3v) is 5.08. The predicted molar refractivity (Wildman–Crippen MR) is 127 cm³/mol. The number of hydrogen-bond donors (Lipinski definition) is 0. The average molecular weight is 440 g/mol. The molecule has 1 aromatic heterocycles. The van der Waals surface area contributed by atoms with Crippen LogP contribution in [0.2, 0.25) is 5.02 Å². The fourth-order valence-electron chi connectivity index (χ4n) is 2.81. The van der Waals surface area contributed by atoms with E-state index in [1.165, 1.54) is 11.5 Å². The number of pyridine rings is 1. The first-order valence-corrected chi connectivity index (χ1v) is 10.4. The van der Waals surface area contributed by atoms with E-state index in [1.807, 2.05) is 13.0 Å². The van der Waals surface area contributed by atoms with Crippen LogP contribution in [0.15, 0.2) is 78.3 Å². The highest BCUT2D eigenvalue weighted by atomic mass is 35.5. The summed E-state index contributed by atoms with van der Waals surface area (Å²) in [4.78, 5) is 37.4. The van der Waals surface area contributed by atoms with E-state index in [9.17, 15) is 14.4 Å². The Hall–Kier alpha value is -2.89. The van der Waals surface area contributed by atoms with E-state index < -0.39 is 0 Å². The van der Waals surface area contributed by atoms with Crippen LogP contribution in [0.1, 0.15) is 26.3 Å². The number of benzene rings is 1. The van der Waals surface area contributed by atoms with Gasteiger partial charge >= 0.3 is 0 Å². The van der Waals surface area contributed by atoms with Crippen LogP contribution >= 0.6 is 23.4 Å². The molecule has 1 aromatic carbocycles. The average Bonchev–Trinajstić information content (AvgIpc) is 2.70. The quantitative estimate of drug-likeness (QED) is 0.410. The minimum Gasteiger partial charge on any atom is -0.287 e. The lowest BCUT2D eigenvalue weighted by Gasteiger charge is -2.14. The molecule has 0 aliphatic rings. The van der Waals surface area contributed by atoms with Crippen LogP contribution in [0, 0.1) is 0 Å². The Balaban J connectivity index is 2.83. The van der Waals surface area contributed by atoms with Gasteiger partial charge in [0, 0.05) is 40.5 Å². The number of nitrogens with zero attached hydrogens (tertiary/aromatic N) is 1. The topological polar surface area (TPSA) is 56.1 Å². The molecule has 0 radical (unpaired) electrons. The van der Waals surface area contributed by atoms with Gasteiger partial charge in [-0.05, 0) is 61.5 Å². The third kappa shape index (κ3) is 5.59. The van der Waals surface area contributed by atoms with E-state index in [0.29, 0.717) is 44.7 Å². The molecule has 6 heteroatoms. The van der Waals surface area contributed by atoms with Crippen LogP contribution in [-0.4, -0.2) is 14.8 Å². The second-order valence-corrected chi connectivity index (χ2v) is 7.82. The first-order valence-electron chi connectivity index (χ1n) is 9.20. The van der Waals surface area contributed by atoms with Gasteiger partial charge in [0.05, 0.1) is 0 Å². The molecule has 1 heterocycles. The van der Waals surface area contributed by atoms with Gasteiger partial charge in [-0.15, -0.1) is 0 Å². The highest BCUT2D eigenvalue weighted by Crippen LogP contribution is 2.27. The van der Waals surface area contributed by atoms with E-state index in [0.717, 1.165) is 0 Å². The second-order valence-electron chi connectivity index (χ2n) is 6.23. The largest absolute Gasteiger partial charge is 0.287 e. The van der Waals surface area contributed by atoms with E-state index in [1.54, 1.807) is 67.8 Å². The molecule has 0 atom stereocenters. The maximum absolute atomic E-state index is 13.3. The molecule has 0 N–H and O–H groups in total. The van der Waals surface area contributed by atoms with Gasteiger partial charge in [0.25, 0.3) is 5.56 Å². The summed E-state index contributed by atoms with van der Waals surface area (Å²) in [6, 6.07) is 8.60. The zero-order valence-electron chi connectivity index (χ0n) is 17.0. The molecule has 0 aliphatic heterocycles. The highest BCUT2D eigenvalue weighted by Gasteiger charge is 2.18. The standard InChI is InChI=1S/C24H22ClNO3S/c1-5-8-12-20(6-2)26-15-18(21(7-3)24(29)30-16(4)27)14-22(23(26)28)17-10-9-11-19(25)13-17/h5-15H,2H2,1,3-4H3/b8-5-,20-12+,21-7-. The lowest BCUT2D eigenvalue weighted by atomic mass is 10.0. The van der Waals surface area contributed by atoms with Crippen molar-refractivity contribution in [1.29, 1.82) is 0 Å². The molecule has 4 nitrogen and oxygen atoms in total. The number of thioether (sulfide) groups is 1. The van der Waals surface area contributed by atoms with Gasteiger partial charge in [0.1, 0.15) is 0 Å². The van der Waals surface area contributed by atoms with Gasteiger partial charge in [-0.2, -0.15) is 0 Å². The Kier molecular flexibility index (Phi) is 8.39. The van der Waals surface area contributed by atoms with E-state index in [-0.39, 0.29) is 15.8 Å². The molecular weight excluding hydrogens is 418 g/mol. The first kappa shape index (κ1) is 23.4. The van der Waals surface area contributed by atoms with Crippen LogP contribution in [0.25, 0.3) is 22.4 Å². The first-order chi connectivity index (χ1) is 14.3. The number of hydrogen-bond acceptors (Lipinski definition) is 4. The van der Waals surface area contributed by atoms with Crippen LogP contribution in [-0.2, 0) is 9.59 Å². The van der Waals surface area contributed by atoms with Crippen molar-refractivity contribution in [3.8, 4) is 11.1 Å². The Morgan fingerprint density at radius 1 is 1.20 bits per heavy atom. The summed E-state index contributed by atoms with van der Waals surface area (Å²) in [6.07, 6.45) is 10.2. The molecule has 0 unspecified atom stereocenters. The van der Waals surface area contributed by atoms with E-state index >= 15 is 0 Å². The summed E-state index contributed by atoms with van der Waals surface area (Å²) >= 11 is 6.75. The SMILES string of the molecule is C=C/C(=C\C=C/C)n1cc(/C(=C/C)C(=O)SC(C)=O)cc(-c2cccc(Cl)c2)c1=O. The van der Waals surface area contributed by atoms with E-state index in [2.05, 4.69) is 6.58 Å².